The van der Waals surface area contributed by atoms with Crippen molar-refractivity contribution in [2.45, 2.75) is 17.7 Å². The van der Waals surface area contributed by atoms with Gasteiger partial charge in [0.2, 0.25) is 0 Å². The highest BCUT2D eigenvalue weighted by atomic mass is 32.2. The predicted molar refractivity (Wildman–Crippen MR) is 70.9 cm³/mol. The van der Waals surface area contributed by atoms with Crippen LogP contribution >= 0.6 is 11.8 Å². The van der Waals surface area contributed by atoms with Gasteiger partial charge in [-0.25, -0.2) is 0 Å². The van der Waals surface area contributed by atoms with Crippen molar-refractivity contribution < 1.29 is 18.7 Å². The van der Waals surface area contributed by atoms with Crippen LogP contribution in [0.1, 0.15) is 23.2 Å². The molecule has 0 saturated carbocycles. The van der Waals surface area contributed by atoms with Gasteiger partial charge in [-0.15, -0.1) is 11.8 Å². The van der Waals surface area contributed by atoms with E-state index in [4.69, 9.17) is 9.47 Å². The van der Waals surface area contributed by atoms with Gasteiger partial charge in [-0.05, 0) is 30.7 Å². The quantitative estimate of drug-likeness (QED) is 0.413. The molecule has 18 heavy (non-hydrogen) atoms. The van der Waals surface area contributed by atoms with E-state index >= 15 is 0 Å². The number of hydrogen-bond acceptors (Lipinski definition) is 4. The molecular weight excluding hydrogens is 255 g/mol. The van der Waals surface area contributed by atoms with Gasteiger partial charge < -0.3 is 9.47 Å². The van der Waals surface area contributed by atoms with E-state index in [1.165, 1.54) is 0 Å². The van der Waals surface area contributed by atoms with Gasteiger partial charge in [0.05, 0.1) is 25.8 Å². The number of benzene rings is 1. The van der Waals surface area contributed by atoms with E-state index in [9.17, 15) is 9.18 Å². The minimum absolute atomic E-state index is 0.293. The summed E-state index contributed by atoms with van der Waals surface area (Å²) in [7, 11) is 3.10. The standard InChI is InChI=1S/C13H17FO3S/c1-16-11-7-10(9-15)8-12(17-2)13(11)18-6-4-3-5-14/h7-9H,3-6H2,1-2H3. The lowest BCUT2D eigenvalue weighted by Crippen LogP contribution is -1.95. The van der Waals surface area contributed by atoms with Gasteiger partial charge in [-0.2, -0.15) is 0 Å². The number of unbranched alkanes of at least 4 members (excludes halogenated alkanes) is 1. The topological polar surface area (TPSA) is 35.5 Å². The van der Waals surface area contributed by atoms with E-state index in [2.05, 4.69) is 0 Å². The Hall–Kier alpha value is -1.23. The Morgan fingerprint density at radius 3 is 2.28 bits per heavy atom. The first-order chi connectivity index (χ1) is 8.76. The number of rotatable bonds is 8. The first kappa shape index (κ1) is 14.8. The van der Waals surface area contributed by atoms with Crippen molar-refractivity contribution in [3.8, 4) is 11.5 Å². The molecule has 0 saturated heterocycles. The molecule has 0 fully saturated rings. The molecule has 5 heteroatoms. The molecule has 0 aliphatic carbocycles. The smallest absolute Gasteiger partial charge is 0.150 e. The van der Waals surface area contributed by atoms with E-state index in [0.29, 0.717) is 23.5 Å². The van der Waals surface area contributed by atoms with Crippen LogP contribution in [0, 0.1) is 0 Å². The summed E-state index contributed by atoms with van der Waals surface area (Å²) in [6.45, 7) is -0.293. The van der Waals surface area contributed by atoms with Crippen LogP contribution in [0.25, 0.3) is 0 Å². The van der Waals surface area contributed by atoms with Crippen LogP contribution in [0.5, 0.6) is 11.5 Å². The van der Waals surface area contributed by atoms with Gasteiger partial charge in [-0.3, -0.25) is 9.18 Å². The Morgan fingerprint density at radius 1 is 1.22 bits per heavy atom. The highest BCUT2D eigenvalue weighted by Crippen LogP contribution is 2.39. The molecule has 100 valence electrons. The number of methoxy groups -OCH3 is 2. The summed E-state index contributed by atoms with van der Waals surface area (Å²) in [4.78, 5) is 11.6. The molecule has 0 unspecified atom stereocenters. The molecule has 0 bridgehead atoms. The largest absolute Gasteiger partial charge is 0.495 e. The fourth-order valence-electron chi connectivity index (χ4n) is 1.48. The lowest BCUT2D eigenvalue weighted by molar-refractivity contribution is 0.112. The van der Waals surface area contributed by atoms with Crippen LogP contribution < -0.4 is 9.47 Å². The van der Waals surface area contributed by atoms with E-state index in [1.807, 2.05) is 0 Å². The first-order valence-corrected chi connectivity index (χ1v) is 6.65. The predicted octanol–water partition coefficient (Wildman–Crippen LogP) is 3.36. The number of alkyl halides is 1. The number of ether oxygens (including phenoxy) is 2. The lowest BCUT2D eigenvalue weighted by atomic mass is 10.2. The normalized spacial score (nSPS) is 10.2. The average Bonchev–Trinajstić information content (AvgIpc) is 2.42. The van der Waals surface area contributed by atoms with Crippen LogP contribution in [-0.2, 0) is 0 Å². The zero-order valence-corrected chi connectivity index (χ0v) is 11.4. The van der Waals surface area contributed by atoms with Crippen LogP contribution in [0.2, 0.25) is 0 Å². The van der Waals surface area contributed by atoms with Crippen molar-refractivity contribution in [3.63, 3.8) is 0 Å². The van der Waals surface area contributed by atoms with Gasteiger partial charge in [-0.1, -0.05) is 0 Å². The summed E-state index contributed by atoms with van der Waals surface area (Å²) in [5.41, 5.74) is 0.511. The summed E-state index contributed by atoms with van der Waals surface area (Å²) in [6, 6.07) is 3.35. The van der Waals surface area contributed by atoms with Crippen molar-refractivity contribution >= 4 is 18.0 Å². The Kier molecular flexibility index (Phi) is 6.57. The number of halogens is 1. The molecular formula is C13H17FO3S. The number of aldehydes is 1. The van der Waals surface area contributed by atoms with Crippen molar-refractivity contribution in [2.24, 2.45) is 0 Å². The first-order valence-electron chi connectivity index (χ1n) is 5.66. The van der Waals surface area contributed by atoms with Crippen molar-refractivity contribution in [1.29, 1.82) is 0 Å². The Balaban J connectivity index is 2.89. The maximum absolute atomic E-state index is 12.0. The van der Waals surface area contributed by atoms with E-state index in [0.717, 1.165) is 23.4 Å². The van der Waals surface area contributed by atoms with E-state index < -0.39 is 0 Å². The molecule has 0 aliphatic rings. The van der Waals surface area contributed by atoms with Gasteiger partial charge in [0.15, 0.2) is 0 Å². The van der Waals surface area contributed by atoms with Gasteiger partial charge in [0.1, 0.15) is 17.8 Å². The molecule has 3 nitrogen and oxygen atoms in total. The molecule has 0 radical (unpaired) electrons. The Bertz CT molecular complexity index is 371. The Labute approximate surface area is 111 Å². The fourth-order valence-corrected chi connectivity index (χ4v) is 2.60. The summed E-state index contributed by atoms with van der Waals surface area (Å²) >= 11 is 1.55. The van der Waals surface area contributed by atoms with E-state index in [1.54, 1.807) is 38.1 Å². The molecule has 0 spiro atoms. The number of hydrogen-bond donors (Lipinski definition) is 0. The van der Waals surface area contributed by atoms with E-state index in [-0.39, 0.29) is 6.67 Å². The SMILES string of the molecule is COc1cc(C=O)cc(OC)c1SCCCCF. The average molecular weight is 272 g/mol. The monoisotopic (exact) mass is 272 g/mol. The van der Waals surface area contributed by atoms with Crippen molar-refractivity contribution in [2.75, 3.05) is 26.6 Å². The molecule has 1 aromatic rings. The summed E-state index contributed by atoms with van der Waals surface area (Å²) in [6.07, 6.45) is 2.11. The molecule has 0 N–H and O–H groups in total. The number of thioether (sulfide) groups is 1. The highest BCUT2D eigenvalue weighted by molar-refractivity contribution is 7.99. The summed E-state index contributed by atoms with van der Waals surface area (Å²) in [5.74, 6) is 2.01. The van der Waals surface area contributed by atoms with Crippen molar-refractivity contribution in [3.05, 3.63) is 17.7 Å². The second-order valence-corrected chi connectivity index (χ2v) is 4.72. The zero-order valence-electron chi connectivity index (χ0n) is 10.6. The van der Waals surface area contributed by atoms with Crippen LogP contribution in [-0.4, -0.2) is 32.9 Å². The molecule has 0 heterocycles. The Morgan fingerprint density at radius 2 is 1.83 bits per heavy atom. The van der Waals surface area contributed by atoms with Gasteiger partial charge >= 0.3 is 0 Å². The van der Waals surface area contributed by atoms with Crippen LogP contribution in [0.3, 0.4) is 0 Å². The van der Waals surface area contributed by atoms with Crippen molar-refractivity contribution in [1.82, 2.24) is 0 Å². The molecule has 0 amide bonds. The summed E-state index contributed by atoms with van der Waals surface area (Å²) in [5, 5.41) is 0. The fraction of sp³-hybridized carbons (Fsp3) is 0.462. The lowest BCUT2D eigenvalue weighted by Gasteiger charge is -2.13. The molecule has 0 atom stereocenters. The second-order valence-electron chi connectivity index (χ2n) is 3.62. The van der Waals surface area contributed by atoms with Gasteiger partial charge in [0.25, 0.3) is 0 Å². The molecule has 1 rings (SSSR count). The zero-order chi connectivity index (χ0) is 13.4. The van der Waals surface area contributed by atoms with Gasteiger partial charge in [0, 0.05) is 5.56 Å². The second kappa shape index (κ2) is 7.97. The van der Waals surface area contributed by atoms with Crippen LogP contribution in [0.4, 0.5) is 4.39 Å². The third-order valence-corrected chi connectivity index (χ3v) is 3.58. The third-order valence-electron chi connectivity index (χ3n) is 2.39. The number of carbonyl (C=O) groups is 1. The minimum Gasteiger partial charge on any atom is -0.495 e. The number of carbonyl (C=O) groups excluding carboxylic acids is 1. The maximum atomic E-state index is 12.0. The molecule has 0 aliphatic heterocycles. The third kappa shape index (κ3) is 3.91. The molecule has 1 aromatic carbocycles. The minimum atomic E-state index is -0.293. The highest BCUT2D eigenvalue weighted by Gasteiger charge is 2.12. The summed E-state index contributed by atoms with van der Waals surface area (Å²) < 4.78 is 22.5. The molecule has 0 aromatic heterocycles. The maximum Gasteiger partial charge on any atom is 0.150 e. The van der Waals surface area contributed by atoms with Crippen LogP contribution in [0.15, 0.2) is 17.0 Å².